The van der Waals surface area contributed by atoms with Gasteiger partial charge in [-0.05, 0) is 32.3 Å². The molecule has 98 valence electrons. The summed E-state index contributed by atoms with van der Waals surface area (Å²) in [6.07, 6.45) is 2.85. The van der Waals surface area contributed by atoms with Crippen molar-refractivity contribution in [2.75, 3.05) is 0 Å². The van der Waals surface area contributed by atoms with Crippen molar-refractivity contribution in [3.63, 3.8) is 0 Å². The lowest BCUT2D eigenvalue weighted by atomic mass is 9.80. The van der Waals surface area contributed by atoms with E-state index < -0.39 is 26.8 Å². The lowest BCUT2D eigenvalue weighted by molar-refractivity contribution is -0.115. The molecular weight excluding hydrogens is 261 g/mol. The Hall–Kier alpha value is -1.05. The van der Waals surface area contributed by atoms with Gasteiger partial charge in [0.1, 0.15) is 12.0 Å². The smallest absolute Gasteiger partial charge is 0.380 e. The summed E-state index contributed by atoms with van der Waals surface area (Å²) in [5, 5.41) is 0. The van der Waals surface area contributed by atoms with E-state index in [1.54, 1.807) is 0 Å². The highest BCUT2D eigenvalue weighted by atomic mass is 32.2. The van der Waals surface area contributed by atoms with Crippen LogP contribution in [0.1, 0.15) is 26.2 Å². The lowest BCUT2D eigenvalue weighted by Gasteiger charge is -2.29. The van der Waals surface area contributed by atoms with Crippen LogP contribution in [0.5, 0.6) is 0 Å². The van der Waals surface area contributed by atoms with Crippen LogP contribution in [0, 0.1) is 5.41 Å². The average molecular weight is 272 g/mol. The van der Waals surface area contributed by atoms with E-state index in [0.29, 0.717) is 19.1 Å². The van der Waals surface area contributed by atoms with Crippen LogP contribution in [0.3, 0.4) is 0 Å². The van der Waals surface area contributed by atoms with E-state index in [4.69, 9.17) is 0 Å². The van der Waals surface area contributed by atoms with Gasteiger partial charge in [0.05, 0.1) is 5.41 Å². The van der Waals surface area contributed by atoms with Crippen molar-refractivity contribution in [2.24, 2.45) is 5.41 Å². The van der Waals surface area contributed by atoms with E-state index in [1.807, 2.05) is 0 Å². The van der Waals surface area contributed by atoms with Gasteiger partial charge < -0.3 is 8.98 Å². The second kappa shape index (κ2) is 4.32. The molecule has 0 aliphatic heterocycles. The van der Waals surface area contributed by atoms with E-state index in [2.05, 4.69) is 4.18 Å². The van der Waals surface area contributed by atoms with Gasteiger partial charge >= 0.3 is 15.6 Å². The Balaban J connectivity index is 3.03. The van der Waals surface area contributed by atoms with Gasteiger partial charge in [-0.2, -0.15) is 21.6 Å². The van der Waals surface area contributed by atoms with Crippen LogP contribution in [0.25, 0.3) is 0 Å². The summed E-state index contributed by atoms with van der Waals surface area (Å²) >= 11 is 0. The van der Waals surface area contributed by atoms with Crippen molar-refractivity contribution in [3.8, 4) is 0 Å². The number of hydrogen-bond acceptors (Lipinski definition) is 4. The first-order valence-corrected chi connectivity index (χ1v) is 6.21. The van der Waals surface area contributed by atoms with Gasteiger partial charge in [0.25, 0.3) is 0 Å². The third-order valence-electron chi connectivity index (χ3n) is 2.54. The molecule has 0 aromatic carbocycles. The molecule has 1 aliphatic rings. The summed E-state index contributed by atoms with van der Waals surface area (Å²) in [7, 11) is -5.71. The van der Waals surface area contributed by atoms with Gasteiger partial charge in [-0.15, -0.1) is 0 Å². The van der Waals surface area contributed by atoms with Gasteiger partial charge in [-0.1, -0.05) is 0 Å². The normalized spacial score (nSPS) is 26.2. The Labute approximate surface area is 96.6 Å². The highest BCUT2D eigenvalue weighted by molar-refractivity contribution is 7.87. The second-order valence-corrected chi connectivity index (χ2v) is 5.52. The molecule has 0 heterocycles. The van der Waals surface area contributed by atoms with Gasteiger partial charge in [-0.3, -0.25) is 0 Å². The van der Waals surface area contributed by atoms with Crippen molar-refractivity contribution >= 4 is 16.4 Å². The molecule has 17 heavy (non-hydrogen) atoms. The average Bonchev–Trinajstić information content (AvgIpc) is 2.20. The van der Waals surface area contributed by atoms with Gasteiger partial charge in [0, 0.05) is 0 Å². The first kappa shape index (κ1) is 14.0. The number of carbonyl (C=O) groups excluding carboxylic acids is 1. The van der Waals surface area contributed by atoms with Crippen LogP contribution in [0.2, 0.25) is 0 Å². The maximum atomic E-state index is 12.1. The minimum Gasteiger partial charge on any atom is -0.380 e. The SMILES string of the molecule is C[C@@]1(C=O)CCCC=C1OS(=O)(=O)C(F)(F)F. The molecule has 0 amide bonds. The largest absolute Gasteiger partial charge is 0.534 e. The summed E-state index contributed by atoms with van der Waals surface area (Å²) in [5.74, 6) is -0.448. The zero-order valence-corrected chi connectivity index (χ0v) is 9.77. The van der Waals surface area contributed by atoms with E-state index in [-0.39, 0.29) is 6.42 Å². The van der Waals surface area contributed by atoms with Crippen molar-refractivity contribution in [1.82, 2.24) is 0 Å². The Bertz CT molecular complexity index is 438. The van der Waals surface area contributed by atoms with Gasteiger partial charge in [0.2, 0.25) is 0 Å². The molecule has 0 spiro atoms. The third-order valence-corrected chi connectivity index (χ3v) is 3.50. The standard InChI is InChI=1S/C9H11F3O4S/c1-8(6-13)5-3-2-4-7(8)16-17(14,15)9(10,11)12/h4,6H,2-3,5H2,1H3/t8-/m0/s1. The quantitative estimate of drug-likeness (QED) is 0.448. The fourth-order valence-corrected chi connectivity index (χ4v) is 2.06. The predicted molar refractivity (Wildman–Crippen MR) is 52.2 cm³/mol. The van der Waals surface area contributed by atoms with Gasteiger partial charge in [0.15, 0.2) is 0 Å². The molecule has 1 rings (SSSR count). The molecule has 0 fully saturated rings. The molecule has 0 saturated heterocycles. The second-order valence-electron chi connectivity index (χ2n) is 3.98. The van der Waals surface area contributed by atoms with Crippen molar-refractivity contribution < 1.29 is 30.6 Å². The Morgan fingerprint density at radius 3 is 2.53 bits per heavy atom. The van der Waals surface area contributed by atoms with E-state index in [0.717, 1.165) is 0 Å². The van der Waals surface area contributed by atoms with Crippen molar-refractivity contribution in [3.05, 3.63) is 11.8 Å². The van der Waals surface area contributed by atoms with Crippen LogP contribution in [-0.4, -0.2) is 20.2 Å². The molecule has 0 bridgehead atoms. The zero-order chi connectivity index (χ0) is 13.3. The highest BCUT2D eigenvalue weighted by Crippen LogP contribution is 2.39. The fraction of sp³-hybridized carbons (Fsp3) is 0.667. The Kier molecular flexibility index (Phi) is 3.56. The summed E-state index contributed by atoms with van der Waals surface area (Å²) in [6, 6.07) is 0. The van der Waals surface area contributed by atoms with Crippen LogP contribution >= 0.6 is 0 Å². The van der Waals surface area contributed by atoms with Crippen LogP contribution in [0.15, 0.2) is 11.8 Å². The summed E-state index contributed by atoms with van der Waals surface area (Å²) in [4.78, 5) is 10.8. The highest BCUT2D eigenvalue weighted by Gasteiger charge is 2.50. The monoisotopic (exact) mass is 272 g/mol. The summed E-state index contributed by atoms with van der Waals surface area (Å²) in [5.41, 5.74) is -6.80. The summed E-state index contributed by atoms with van der Waals surface area (Å²) < 4.78 is 62.0. The van der Waals surface area contributed by atoms with Crippen LogP contribution in [-0.2, 0) is 19.1 Å². The number of allylic oxidation sites excluding steroid dienone is 2. The number of rotatable bonds is 3. The minimum atomic E-state index is -5.71. The number of aldehydes is 1. The van der Waals surface area contributed by atoms with E-state index >= 15 is 0 Å². The Morgan fingerprint density at radius 1 is 1.47 bits per heavy atom. The number of alkyl halides is 3. The number of carbonyl (C=O) groups is 1. The fourth-order valence-electron chi connectivity index (χ4n) is 1.47. The zero-order valence-electron chi connectivity index (χ0n) is 8.95. The predicted octanol–water partition coefficient (Wildman–Crippen LogP) is 2.13. The van der Waals surface area contributed by atoms with E-state index in [1.165, 1.54) is 13.0 Å². The molecule has 0 saturated carbocycles. The van der Waals surface area contributed by atoms with Crippen LogP contribution in [0.4, 0.5) is 13.2 Å². The molecule has 4 nitrogen and oxygen atoms in total. The summed E-state index contributed by atoms with van der Waals surface area (Å²) in [6.45, 7) is 1.34. The first-order valence-electron chi connectivity index (χ1n) is 4.80. The van der Waals surface area contributed by atoms with Crippen molar-refractivity contribution in [1.29, 1.82) is 0 Å². The molecule has 1 atom stereocenters. The molecule has 0 radical (unpaired) electrons. The third kappa shape index (κ3) is 2.80. The molecule has 1 aliphatic carbocycles. The Morgan fingerprint density at radius 2 is 2.06 bits per heavy atom. The van der Waals surface area contributed by atoms with E-state index in [9.17, 15) is 26.4 Å². The maximum absolute atomic E-state index is 12.1. The molecule has 0 aromatic heterocycles. The molecule has 0 N–H and O–H groups in total. The lowest BCUT2D eigenvalue weighted by Crippen LogP contribution is -2.32. The molecule has 8 heteroatoms. The first-order chi connectivity index (χ1) is 7.62. The maximum Gasteiger partial charge on any atom is 0.534 e. The molecule has 0 unspecified atom stereocenters. The number of hydrogen-bond donors (Lipinski definition) is 0. The topological polar surface area (TPSA) is 60.4 Å². The number of halogens is 3. The van der Waals surface area contributed by atoms with Crippen LogP contribution < -0.4 is 0 Å². The van der Waals surface area contributed by atoms with Crippen molar-refractivity contribution in [2.45, 2.75) is 31.7 Å². The molecular formula is C9H11F3O4S. The minimum absolute atomic E-state index is 0.260. The van der Waals surface area contributed by atoms with Gasteiger partial charge in [-0.25, -0.2) is 0 Å². The molecule has 0 aromatic rings.